The van der Waals surface area contributed by atoms with Gasteiger partial charge in [0.05, 0.1) is 28.9 Å². The third-order valence-corrected chi connectivity index (χ3v) is 18.6. The highest BCUT2D eigenvalue weighted by Crippen LogP contribution is 2.53. The number of amides is 5. The minimum absolute atomic E-state index is 0.0759. The van der Waals surface area contributed by atoms with E-state index in [1.54, 1.807) is 6.20 Å². The number of likely N-dealkylation sites (tertiary alicyclic amines) is 4. The Morgan fingerprint density at radius 3 is 2.25 bits per heavy atom. The van der Waals surface area contributed by atoms with Gasteiger partial charge in [0.15, 0.2) is 5.82 Å². The fourth-order valence-electron chi connectivity index (χ4n) is 13.8. The predicted molar refractivity (Wildman–Crippen MR) is 279 cm³/mol. The van der Waals surface area contributed by atoms with E-state index >= 15 is 4.79 Å². The SMILES string of the molecule is CC(C)n1cnc2cc(-c3ccc4c(c3)N(C3CC(N5CCCCC5)C3)C(=O)C43CCN(C(=O)C4(C)CCN(C(=O)C5CCN(C6=NC=C(C7CCC(=O)NC7=O)CN6C)CC5)CC4)CC3)nc(NC3CC3)c21. The number of imidazole rings is 1. The largest absolute Gasteiger partial charge is 0.366 e. The summed E-state index contributed by atoms with van der Waals surface area (Å²) < 4.78 is 2.20. The van der Waals surface area contributed by atoms with Gasteiger partial charge in [-0.05, 0) is 134 Å². The van der Waals surface area contributed by atoms with Gasteiger partial charge in [0.1, 0.15) is 5.52 Å². The van der Waals surface area contributed by atoms with Gasteiger partial charge >= 0.3 is 0 Å². The van der Waals surface area contributed by atoms with Crippen LogP contribution in [-0.2, 0) is 29.4 Å². The maximum absolute atomic E-state index is 15.3. The number of likely N-dealkylation sites (N-methyl/N-ethyl adjacent to an activating group) is 1. The van der Waals surface area contributed by atoms with Gasteiger partial charge in [0.25, 0.3) is 0 Å². The monoisotopic (exact) mass is 995 g/mol. The molecule has 2 aromatic heterocycles. The Morgan fingerprint density at radius 1 is 0.836 bits per heavy atom. The van der Waals surface area contributed by atoms with Crippen molar-refractivity contribution in [3.05, 3.63) is 47.9 Å². The number of guanidine groups is 1. The molecule has 5 amide bonds. The molecule has 1 unspecified atom stereocenters. The highest BCUT2D eigenvalue weighted by atomic mass is 16.2. The molecule has 2 saturated carbocycles. The van der Waals surface area contributed by atoms with Gasteiger partial charge in [-0.2, -0.15) is 0 Å². The summed E-state index contributed by atoms with van der Waals surface area (Å²) in [6.07, 6.45) is 16.5. The molecule has 7 aliphatic heterocycles. The highest BCUT2D eigenvalue weighted by molar-refractivity contribution is 6.09. The number of aromatic nitrogens is 3. The van der Waals surface area contributed by atoms with E-state index in [1.807, 2.05) is 23.2 Å². The number of nitrogens with one attached hydrogen (secondary N) is 2. The molecule has 17 heteroatoms. The number of hydrogen-bond donors (Lipinski definition) is 2. The molecule has 7 fully saturated rings. The Balaban J connectivity index is 0.705. The van der Waals surface area contributed by atoms with Crippen LogP contribution in [0.25, 0.3) is 22.3 Å². The second-order valence-electron chi connectivity index (χ2n) is 23.7. The fraction of sp³-hybridized carbons (Fsp3) is 0.643. The number of imide groups is 1. The molecule has 12 rings (SSSR count). The van der Waals surface area contributed by atoms with Gasteiger partial charge in [-0.1, -0.05) is 25.5 Å². The molecule has 5 saturated heterocycles. The molecule has 9 aliphatic rings. The number of anilines is 2. The van der Waals surface area contributed by atoms with Crippen molar-refractivity contribution in [2.75, 3.05) is 76.2 Å². The number of hydrogen-bond acceptors (Lipinski definition) is 12. The summed E-state index contributed by atoms with van der Waals surface area (Å²) in [5.41, 5.74) is 5.54. The zero-order valence-corrected chi connectivity index (χ0v) is 43.4. The van der Waals surface area contributed by atoms with Crippen LogP contribution in [0.3, 0.4) is 0 Å². The zero-order valence-electron chi connectivity index (χ0n) is 43.4. The van der Waals surface area contributed by atoms with Gasteiger partial charge in [-0.15, -0.1) is 0 Å². The summed E-state index contributed by atoms with van der Waals surface area (Å²) in [6, 6.07) is 10.0. The number of carbonyl (C=O) groups excluding carboxylic acids is 5. The van der Waals surface area contributed by atoms with Gasteiger partial charge in [0.2, 0.25) is 35.5 Å². The molecule has 73 heavy (non-hydrogen) atoms. The number of carbonyl (C=O) groups is 5. The minimum atomic E-state index is -0.687. The van der Waals surface area contributed by atoms with Gasteiger partial charge in [-0.25, -0.2) is 15.0 Å². The number of pyridine rings is 1. The van der Waals surface area contributed by atoms with Crippen molar-refractivity contribution in [3.63, 3.8) is 0 Å². The lowest BCUT2D eigenvalue weighted by molar-refractivity contribution is -0.150. The molecule has 1 aromatic carbocycles. The molecule has 2 N–H and O–H groups in total. The summed E-state index contributed by atoms with van der Waals surface area (Å²) in [6.45, 7) is 12.9. The lowest BCUT2D eigenvalue weighted by Gasteiger charge is -2.48. The quantitative estimate of drug-likeness (QED) is 0.239. The molecule has 0 bridgehead atoms. The van der Waals surface area contributed by atoms with Crippen LogP contribution in [0.2, 0.25) is 0 Å². The zero-order chi connectivity index (χ0) is 50.3. The van der Waals surface area contributed by atoms with Gasteiger partial charge in [-0.3, -0.25) is 29.3 Å². The number of aliphatic imine (C=N–C) groups is 1. The molecule has 1 atom stereocenters. The third-order valence-electron chi connectivity index (χ3n) is 18.6. The first-order chi connectivity index (χ1) is 35.3. The van der Waals surface area contributed by atoms with Gasteiger partial charge in [0, 0.05) is 112 Å². The average Bonchev–Trinajstić information content (AvgIpc) is 4.05. The Kier molecular flexibility index (Phi) is 12.4. The normalized spacial score (nSPS) is 26.8. The lowest BCUT2D eigenvalue weighted by Crippen LogP contribution is -2.59. The Hall–Kier alpha value is -5.84. The van der Waals surface area contributed by atoms with E-state index in [1.165, 1.54) is 19.3 Å². The van der Waals surface area contributed by atoms with Crippen molar-refractivity contribution in [2.24, 2.45) is 22.2 Å². The molecule has 0 radical (unpaired) electrons. The van der Waals surface area contributed by atoms with Crippen LogP contribution in [0.4, 0.5) is 11.5 Å². The number of benzene rings is 1. The topological polar surface area (TPSA) is 172 Å². The van der Waals surface area contributed by atoms with Crippen molar-refractivity contribution in [3.8, 4) is 11.3 Å². The van der Waals surface area contributed by atoms with E-state index in [0.29, 0.717) is 96.4 Å². The summed E-state index contributed by atoms with van der Waals surface area (Å²) in [5, 5.41) is 6.17. The summed E-state index contributed by atoms with van der Waals surface area (Å²) >= 11 is 0. The second kappa shape index (κ2) is 18.8. The Bertz CT molecular complexity index is 2760. The van der Waals surface area contributed by atoms with E-state index in [9.17, 15) is 19.2 Å². The number of rotatable bonds is 9. The molecule has 1 spiro atoms. The molecule has 2 aliphatic carbocycles. The minimum Gasteiger partial charge on any atom is -0.366 e. The summed E-state index contributed by atoms with van der Waals surface area (Å²) in [5.74, 6) is 1.36. The van der Waals surface area contributed by atoms with Crippen LogP contribution in [0, 0.1) is 17.3 Å². The van der Waals surface area contributed by atoms with Crippen LogP contribution in [-0.4, -0.2) is 159 Å². The lowest BCUT2D eigenvalue weighted by atomic mass is 9.72. The summed E-state index contributed by atoms with van der Waals surface area (Å²) in [4.78, 5) is 96.2. The van der Waals surface area contributed by atoms with Crippen LogP contribution in [0.5, 0.6) is 0 Å². The summed E-state index contributed by atoms with van der Waals surface area (Å²) in [7, 11) is 1.98. The maximum Gasteiger partial charge on any atom is 0.238 e. The molecule has 3 aromatic rings. The average molecular weight is 995 g/mol. The smallest absolute Gasteiger partial charge is 0.238 e. The standard InChI is InChI=1S/C56H74N12O5/c1-35(2)67-34-58-45-31-44(60-49(48(45)67)59-39-9-10-39)37-8-12-43-46(28-37)68(41-29-40(30-41)63-20-6-5-7-21-63)53(73)56(43)18-26-65(27-19-56)52(72)55(3)16-24-64(25-17-55)51(71)36-14-22-66(23-15-36)54-57-32-38(33-62(54)4)42-11-13-47(69)61-50(42)70/h8,12,28,31-32,34-36,39-42H,5-7,9-11,13-27,29-30,33H2,1-4H3,(H,59,60)(H,61,69,70). The molecular weight excluding hydrogens is 921 g/mol. The van der Waals surface area contributed by atoms with Crippen molar-refractivity contribution in [1.29, 1.82) is 0 Å². The van der Waals surface area contributed by atoms with Crippen LogP contribution in [0.15, 0.2) is 47.4 Å². The maximum atomic E-state index is 15.3. The molecule has 17 nitrogen and oxygen atoms in total. The third kappa shape index (κ3) is 8.68. The first kappa shape index (κ1) is 48.1. The molecule has 9 heterocycles. The van der Waals surface area contributed by atoms with E-state index < -0.39 is 10.8 Å². The number of piperidine rings is 5. The van der Waals surface area contributed by atoms with Crippen molar-refractivity contribution in [2.45, 2.75) is 147 Å². The first-order valence-electron chi connectivity index (χ1n) is 27.8. The van der Waals surface area contributed by atoms with Crippen LogP contribution < -0.4 is 15.5 Å². The van der Waals surface area contributed by atoms with Crippen molar-refractivity contribution < 1.29 is 24.0 Å². The van der Waals surface area contributed by atoms with Crippen molar-refractivity contribution >= 4 is 58.0 Å². The van der Waals surface area contributed by atoms with E-state index in [4.69, 9.17) is 15.0 Å². The van der Waals surface area contributed by atoms with E-state index in [2.05, 4.69) is 79.8 Å². The second-order valence-corrected chi connectivity index (χ2v) is 23.7. The Labute approximate surface area is 429 Å². The number of fused-ring (bicyclic) bond motifs is 3. The van der Waals surface area contributed by atoms with Gasteiger partial charge < -0.3 is 39.3 Å². The fourth-order valence-corrected chi connectivity index (χ4v) is 13.8. The van der Waals surface area contributed by atoms with E-state index in [-0.39, 0.29) is 53.5 Å². The van der Waals surface area contributed by atoms with E-state index in [0.717, 1.165) is 103 Å². The first-order valence-corrected chi connectivity index (χ1v) is 27.8. The Morgan fingerprint density at radius 2 is 1.56 bits per heavy atom. The van der Waals surface area contributed by atoms with Crippen LogP contribution in [0.1, 0.15) is 129 Å². The van der Waals surface area contributed by atoms with Crippen LogP contribution >= 0.6 is 0 Å². The molecular formula is C56H74N12O5. The predicted octanol–water partition coefficient (Wildman–Crippen LogP) is 6.06. The number of nitrogens with zero attached hydrogens (tertiary/aromatic N) is 10. The van der Waals surface area contributed by atoms with Crippen molar-refractivity contribution in [1.82, 2.24) is 44.4 Å². The molecule has 388 valence electrons. The highest BCUT2D eigenvalue weighted by Gasteiger charge is 2.57.